The van der Waals surface area contributed by atoms with Crippen LogP contribution in [0.2, 0.25) is 0 Å². The van der Waals surface area contributed by atoms with Gasteiger partial charge in [0.25, 0.3) is 0 Å². The molecule has 0 atom stereocenters. The maximum Gasteiger partial charge on any atom is 0.163 e. The van der Waals surface area contributed by atoms with E-state index in [1.807, 2.05) is 25.1 Å². The molecule has 1 aromatic rings. The van der Waals surface area contributed by atoms with Gasteiger partial charge in [0.05, 0.1) is 7.11 Å². The highest BCUT2D eigenvalue weighted by Gasteiger charge is 2.09. The van der Waals surface area contributed by atoms with E-state index in [4.69, 9.17) is 4.74 Å². The number of aryl methyl sites for hydroxylation is 1. The third kappa shape index (κ3) is 4.50. The Morgan fingerprint density at radius 3 is 2.65 bits per heavy atom. The molecule has 94 valence electrons. The second kappa shape index (κ2) is 7.49. The number of benzene rings is 1. The van der Waals surface area contributed by atoms with Crippen LogP contribution in [0.4, 0.5) is 0 Å². The molecule has 2 nitrogen and oxygen atoms in total. The summed E-state index contributed by atoms with van der Waals surface area (Å²) in [7, 11) is 1.64. The van der Waals surface area contributed by atoms with Crippen LogP contribution in [0.25, 0.3) is 0 Å². The maximum absolute atomic E-state index is 12.0. The van der Waals surface area contributed by atoms with E-state index in [1.54, 1.807) is 7.11 Å². The highest BCUT2D eigenvalue weighted by atomic mass is 79.9. The van der Waals surface area contributed by atoms with Crippen LogP contribution < -0.4 is 4.74 Å². The predicted molar refractivity (Wildman–Crippen MR) is 74.3 cm³/mol. The predicted octanol–water partition coefficient (Wildman–Crippen LogP) is 4.14. The number of ketones is 1. The summed E-state index contributed by atoms with van der Waals surface area (Å²) in [5.74, 6) is 1.04. The van der Waals surface area contributed by atoms with Gasteiger partial charge in [0, 0.05) is 17.3 Å². The molecule has 0 amide bonds. The molecule has 0 aliphatic carbocycles. The monoisotopic (exact) mass is 298 g/mol. The highest BCUT2D eigenvalue weighted by Crippen LogP contribution is 2.19. The van der Waals surface area contributed by atoms with Crippen LogP contribution in [0.5, 0.6) is 5.75 Å². The lowest BCUT2D eigenvalue weighted by Crippen LogP contribution is -2.02. The van der Waals surface area contributed by atoms with Gasteiger partial charge >= 0.3 is 0 Å². The van der Waals surface area contributed by atoms with Crippen LogP contribution in [-0.2, 0) is 0 Å². The summed E-state index contributed by atoms with van der Waals surface area (Å²) < 4.78 is 5.13. The van der Waals surface area contributed by atoms with Gasteiger partial charge in [-0.3, -0.25) is 4.79 Å². The molecule has 3 heteroatoms. The van der Waals surface area contributed by atoms with Crippen molar-refractivity contribution in [2.24, 2.45) is 0 Å². The lowest BCUT2D eigenvalue weighted by Gasteiger charge is -2.07. The molecule has 0 fully saturated rings. The molecule has 1 rings (SSSR count). The molecule has 0 saturated heterocycles. The first kappa shape index (κ1) is 14.2. The highest BCUT2D eigenvalue weighted by molar-refractivity contribution is 9.09. The number of carbonyl (C=O) groups excluding carboxylic acids is 1. The van der Waals surface area contributed by atoms with Crippen LogP contribution >= 0.6 is 15.9 Å². The van der Waals surface area contributed by atoms with E-state index in [0.717, 1.165) is 41.5 Å². The molecule has 1 aromatic carbocycles. The van der Waals surface area contributed by atoms with Gasteiger partial charge in [0.15, 0.2) is 5.78 Å². The van der Waals surface area contributed by atoms with Gasteiger partial charge in [-0.25, -0.2) is 0 Å². The summed E-state index contributed by atoms with van der Waals surface area (Å²) in [6.45, 7) is 1.95. The minimum atomic E-state index is 0.236. The Hall–Kier alpha value is -0.830. The second-order valence-corrected chi connectivity index (χ2v) is 4.90. The number of ether oxygens (including phenoxy) is 1. The van der Waals surface area contributed by atoms with Crippen molar-refractivity contribution in [3.63, 3.8) is 0 Å². The lowest BCUT2D eigenvalue weighted by molar-refractivity contribution is 0.0978. The fourth-order valence-electron chi connectivity index (χ4n) is 1.77. The average molecular weight is 299 g/mol. The molecule has 0 unspecified atom stereocenters. The largest absolute Gasteiger partial charge is 0.497 e. The third-order valence-corrected chi connectivity index (χ3v) is 3.33. The van der Waals surface area contributed by atoms with Crippen molar-refractivity contribution in [2.45, 2.75) is 32.6 Å². The zero-order chi connectivity index (χ0) is 12.7. The van der Waals surface area contributed by atoms with Crippen molar-refractivity contribution in [1.82, 2.24) is 0 Å². The normalized spacial score (nSPS) is 10.3. The number of hydrogen-bond acceptors (Lipinski definition) is 2. The molecular formula is C14H19BrO2. The van der Waals surface area contributed by atoms with E-state index in [9.17, 15) is 4.79 Å². The fourth-order valence-corrected chi connectivity index (χ4v) is 2.16. The van der Waals surface area contributed by atoms with Gasteiger partial charge < -0.3 is 4.74 Å². The average Bonchev–Trinajstić information content (AvgIpc) is 2.34. The Kier molecular flexibility index (Phi) is 6.27. The van der Waals surface area contributed by atoms with Crippen molar-refractivity contribution in [2.75, 3.05) is 12.4 Å². The molecule has 0 heterocycles. The van der Waals surface area contributed by atoms with E-state index < -0.39 is 0 Å². The van der Waals surface area contributed by atoms with E-state index in [2.05, 4.69) is 15.9 Å². The molecule has 0 aliphatic rings. The standard InChI is InChI=1S/C14H19BrO2/c1-11-10-12(17-2)7-8-13(11)14(16)6-4-3-5-9-15/h7-8,10H,3-6,9H2,1-2H3. The lowest BCUT2D eigenvalue weighted by atomic mass is 10.0. The minimum Gasteiger partial charge on any atom is -0.497 e. The Balaban J connectivity index is 2.57. The summed E-state index contributed by atoms with van der Waals surface area (Å²) >= 11 is 3.39. The summed E-state index contributed by atoms with van der Waals surface area (Å²) in [4.78, 5) is 12.0. The molecule has 0 bridgehead atoms. The van der Waals surface area contributed by atoms with E-state index in [0.29, 0.717) is 6.42 Å². The fraction of sp³-hybridized carbons (Fsp3) is 0.500. The number of unbranched alkanes of at least 4 members (excludes halogenated alkanes) is 2. The third-order valence-electron chi connectivity index (χ3n) is 2.77. The molecule has 0 aliphatic heterocycles. The molecular weight excluding hydrogens is 280 g/mol. The zero-order valence-electron chi connectivity index (χ0n) is 10.5. The van der Waals surface area contributed by atoms with Crippen molar-refractivity contribution in [3.05, 3.63) is 29.3 Å². The molecule has 0 aromatic heterocycles. The first-order chi connectivity index (χ1) is 8.19. The van der Waals surface area contributed by atoms with Gasteiger partial charge in [-0.15, -0.1) is 0 Å². The van der Waals surface area contributed by atoms with Crippen molar-refractivity contribution in [3.8, 4) is 5.75 Å². The van der Waals surface area contributed by atoms with E-state index in [1.165, 1.54) is 0 Å². The van der Waals surface area contributed by atoms with Crippen LogP contribution in [0.15, 0.2) is 18.2 Å². The number of methoxy groups -OCH3 is 1. The number of hydrogen-bond donors (Lipinski definition) is 0. The molecule has 17 heavy (non-hydrogen) atoms. The van der Waals surface area contributed by atoms with Crippen molar-refractivity contribution >= 4 is 21.7 Å². The van der Waals surface area contributed by atoms with Crippen LogP contribution in [-0.4, -0.2) is 18.2 Å². The number of rotatable bonds is 7. The summed E-state index contributed by atoms with van der Waals surface area (Å²) in [5.41, 5.74) is 1.82. The zero-order valence-corrected chi connectivity index (χ0v) is 12.0. The minimum absolute atomic E-state index is 0.236. The first-order valence-corrected chi connectivity index (χ1v) is 7.05. The van der Waals surface area contributed by atoms with E-state index >= 15 is 0 Å². The van der Waals surface area contributed by atoms with Crippen LogP contribution in [0, 0.1) is 6.92 Å². The quantitative estimate of drug-likeness (QED) is 0.429. The Bertz CT molecular complexity index is 374. The van der Waals surface area contributed by atoms with Gasteiger partial charge in [-0.2, -0.15) is 0 Å². The van der Waals surface area contributed by atoms with Gasteiger partial charge in [-0.05, 0) is 43.5 Å². The summed E-state index contributed by atoms with van der Waals surface area (Å²) in [5, 5.41) is 1.02. The Morgan fingerprint density at radius 2 is 2.06 bits per heavy atom. The molecule has 0 N–H and O–H groups in total. The number of carbonyl (C=O) groups is 1. The van der Waals surface area contributed by atoms with Gasteiger partial charge in [0.2, 0.25) is 0 Å². The first-order valence-electron chi connectivity index (χ1n) is 5.93. The van der Waals surface area contributed by atoms with Crippen LogP contribution in [0.1, 0.15) is 41.6 Å². The second-order valence-electron chi connectivity index (χ2n) is 4.10. The Morgan fingerprint density at radius 1 is 1.29 bits per heavy atom. The smallest absolute Gasteiger partial charge is 0.163 e. The summed E-state index contributed by atoms with van der Waals surface area (Å²) in [6, 6.07) is 5.62. The van der Waals surface area contributed by atoms with E-state index in [-0.39, 0.29) is 5.78 Å². The van der Waals surface area contributed by atoms with Crippen molar-refractivity contribution in [1.29, 1.82) is 0 Å². The van der Waals surface area contributed by atoms with Crippen LogP contribution in [0.3, 0.4) is 0 Å². The SMILES string of the molecule is COc1ccc(C(=O)CCCCCBr)c(C)c1. The topological polar surface area (TPSA) is 26.3 Å². The Labute approximate surface area is 111 Å². The van der Waals surface area contributed by atoms with Gasteiger partial charge in [0.1, 0.15) is 5.75 Å². The summed E-state index contributed by atoms with van der Waals surface area (Å²) in [6.07, 6.45) is 3.84. The van der Waals surface area contributed by atoms with Crippen molar-refractivity contribution < 1.29 is 9.53 Å². The van der Waals surface area contributed by atoms with Gasteiger partial charge in [-0.1, -0.05) is 22.4 Å². The number of Topliss-reactive ketones (excluding diaryl/α,β-unsaturated/α-hetero) is 1. The number of halogens is 1. The number of alkyl halides is 1. The molecule has 0 saturated carbocycles. The molecule has 0 radical (unpaired) electrons. The molecule has 0 spiro atoms. The maximum atomic E-state index is 12.0.